The number of benzene rings is 1. The van der Waals surface area contributed by atoms with Gasteiger partial charge < -0.3 is 15.5 Å². The van der Waals surface area contributed by atoms with Crippen LogP contribution in [0.15, 0.2) is 24.3 Å². The minimum absolute atomic E-state index is 0. The topological polar surface area (TPSA) is 70.2 Å². The van der Waals surface area contributed by atoms with Gasteiger partial charge in [0.05, 0.1) is 0 Å². The monoisotopic (exact) mass is 439 g/mol. The van der Waals surface area contributed by atoms with E-state index in [1.54, 1.807) is 0 Å². The first-order valence-corrected chi connectivity index (χ1v) is 9.84. The Morgan fingerprint density at radius 2 is 1.80 bits per heavy atom. The predicted molar refractivity (Wildman–Crippen MR) is 116 cm³/mol. The van der Waals surface area contributed by atoms with Crippen molar-refractivity contribution in [3.05, 3.63) is 47.3 Å². The molecule has 164 valence electrons. The zero-order valence-corrected chi connectivity index (χ0v) is 18.2. The van der Waals surface area contributed by atoms with Gasteiger partial charge in [-0.2, -0.15) is 0 Å². The molecule has 2 aromatic rings. The molecule has 0 atom stereocenters. The highest BCUT2D eigenvalue weighted by Crippen LogP contribution is 2.25. The number of nitrogens with one attached hydrogen (secondary N) is 2. The summed E-state index contributed by atoms with van der Waals surface area (Å²) >= 11 is 0. The molecule has 0 unspecified atom stereocenters. The van der Waals surface area contributed by atoms with Gasteiger partial charge in [-0.3, -0.25) is 4.79 Å². The first-order valence-electron chi connectivity index (χ1n) is 9.84. The Hall–Kier alpha value is -2.48. The molecule has 1 aromatic carbocycles. The quantitative estimate of drug-likeness (QED) is 0.713. The van der Waals surface area contributed by atoms with E-state index in [2.05, 4.69) is 20.6 Å². The molecule has 1 heterocycles. The fourth-order valence-electron chi connectivity index (χ4n) is 3.54. The summed E-state index contributed by atoms with van der Waals surface area (Å²) in [5.74, 6) is 0.569. The second-order valence-electron chi connectivity index (χ2n) is 7.75. The molecule has 0 spiro atoms. The zero-order chi connectivity index (χ0) is 21.0. The van der Waals surface area contributed by atoms with E-state index in [0.29, 0.717) is 5.92 Å². The molecular weight excluding hydrogens is 412 g/mol. The number of hydrogen-bond donors (Lipinski definition) is 2. The maximum absolute atomic E-state index is 13.3. The van der Waals surface area contributed by atoms with Crippen molar-refractivity contribution in [3.63, 3.8) is 0 Å². The van der Waals surface area contributed by atoms with E-state index < -0.39 is 11.6 Å². The summed E-state index contributed by atoms with van der Waals surface area (Å²) in [7, 11) is 3.89. The van der Waals surface area contributed by atoms with Crippen LogP contribution in [-0.2, 0) is 0 Å². The van der Waals surface area contributed by atoms with E-state index in [1.165, 1.54) is 6.07 Å². The van der Waals surface area contributed by atoms with E-state index >= 15 is 0 Å². The molecule has 9 heteroatoms. The number of nitrogens with zero attached hydrogens (tertiary/aromatic N) is 3. The van der Waals surface area contributed by atoms with Crippen LogP contribution in [0.2, 0.25) is 0 Å². The van der Waals surface area contributed by atoms with Gasteiger partial charge in [-0.25, -0.2) is 18.7 Å². The molecule has 0 bridgehead atoms. The van der Waals surface area contributed by atoms with Crippen molar-refractivity contribution in [1.29, 1.82) is 0 Å². The van der Waals surface area contributed by atoms with Gasteiger partial charge in [0.2, 0.25) is 0 Å². The fourth-order valence-corrected chi connectivity index (χ4v) is 3.54. The molecule has 0 radical (unpaired) electrons. The van der Waals surface area contributed by atoms with E-state index in [4.69, 9.17) is 0 Å². The summed E-state index contributed by atoms with van der Waals surface area (Å²) in [6, 6.07) is 5.19. The lowest BCUT2D eigenvalue weighted by molar-refractivity contribution is 0.0922. The van der Waals surface area contributed by atoms with E-state index in [-0.39, 0.29) is 29.9 Å². The molecule has 1 aliphatic rings. The maximum Gasteiger partial charge on any atom is 0.251 e. The Morgan fingerprint density at radius 1 is 1.10 bits per heavy atom. The Balaban J connectivity index is 0.00000320. The van der Waals surface area contributed by atoms with Crippen LogP contribution in [0.3, 0.4) is 0 Å². The Kier molecular flexibility index (Phi) is 8.34. The maximum atomic E-state index is 13.3. The van der Waals surface area contributed by atoms with Gasteiger partial charge >= 0.3 is 0 Å². The number of hydrogen-bond acceptors (Lipinski definition) is 5. The number of aryl methyl sites for hydroxylation is 1. The molecule has 30 heavy (non-hydrogen) atoms. The Bertz CT molecular complexity index is 872. The number of aromatic nitrogens is 2. The van der Waals surface area contributed by atoms with Crippen LogP contribution in [0.1, 0.15) is 41.9 Å². The van der Waals surface area contributed by atoms with Crippen LogP contribution < -0.4 is 15.5 Å². The van der Waals surface area contributed by atoms with E-state index in [0.717, 1.165) is 61.8 Å². The third kappa shape index (κ3) is 6.26. The highest BCUT2D eigenvalue weighted by Gasteiger charge is 2.23. The molecule has 1 saturated carbocycles. The van der Waals surface area contributed by atoms with Crippen molar-refractivity contribution in [2.45, 2.75) is 38.6 Å². The zero-order valence-electron chi connectivity index (χ0n) is 17.4. The fraction of sp³-hybridized carbons (Fsp3) is 0.476. The van der Waals surface area contributed by atoms with Crippen molar-refractivity contribution in [3.8, 4) is 0 Å². The number of rotatable bonds is 6. The SMILES string of the molecule is Cc1nc(NC[C@H]2CC[C@@H](NC(=O)c3ccc(F)c(F)c3)CC2)cc(N(C)C)n1.Cl. The molecule has 1 fully saturated rings. The molecule has 1 amide bonds. The molecule has 1 aromatic heterocycles. The second-order valence-corrected chi connectivity index (χ2v) is 7.75. The van der Waals surface area contributed by atoms with Crippen LogP contribution in [0.5, 0.6) is 0 Å². The first-order chi connectivity index (χ1) is 13.8. The van der Waals surface area contributed by atoms with Crippen LogP contribution >= 0.6 is 12.4 Å². The lowest BCUT2D eigenvalue weighted by Gasteiger charge is -2.29. The van der Waals surface area contributed by atoms with Crippen molar-refractivity contribution in [1.82, 2.24) is 15.3 Å². The van der Waals surface area contributed by atoms with Crippen LogP contribution in [-0.4, -0.2) is 42.6 Å². The van der Waals surface area contributed by atoms with Gasteiger partial charge in [-0.05, 0) is 56.7 Å². The van der Waals surface area contributed by atoms with E-state index in [1.807, 2.05) is 32.0 Å². The number of carbonyl (C=O) groups excluding carboxylic acids is 1. The van der Waals surface area contributed by atoms with Crippen LogP contribution in [0.25, 0.3) is 0 Å². The van der Waals surface area contributed by atoms with Crippen LogP contribution in [0, 0.1) is 24.5 Å². The average Bonchev–Trinajstić information content (AvgIpc) is 2.69. The molecular formula is C21H28ClF2N5O. The number of anilines is 2. The van der Waals surface area contributed by atoms with Gasteiger partial charge in [0, 0.05) is 38.3 Å². The van der Waals surface area contributed by atoms with Crippen LogP contribution in [0.4, 0.5) is 20.4 Å². The highest BCUT2D eigenvalue weighted by atomic mass is 35.5. The lowest BCUT2D eigenvalue weighted by atomic mass is 9.86. The Labute approximate surface area is 181 Å². The highest BCUT2D eigenvalue weighted by molar-refractivity contribution is 5.94. The van der Waals surface area contributed by atoms with Gasteiger partial charge in [0.1, 0.15) is 17.5 Å². The van der Waals surface area contributed by atoms with Gasteiger partial charge in [0.25, 0.3) is 5.91 Å². The third-order valence-electron chi connectivity index (χ3n) is 5.22. The van der Waals surface area contributed by atoms with Gasteiger partial charge in [-0.15, -0.1) is 12.4 Å². The Morgan fingerprint density at radius 3 is 2.43 bits per heavy atom. The second kappa shape index (κ2) is 10.5. The molecule has 1 aliphatic carbocycles. The molecule has 3 rings (SSSR count). The third-order valence-corrected chi connectivity index (χ3v) is 5.22. The van der Waals surface area contributed by atoms with E-state index in [9.17, 15) is 13.6 Å². The standard InChI is InChI=1S/C21H27F2N5O.ClH/c1-13-25-19(11-20(26-13)28(2)3)24-12-14-4-7-16(8-5-14)27-21(29)15-6-9-17(22)18(23)10-15;/h6,9-11,14,16H,4-5,7-8,12H2,1-3H3,(H,27,29)(H,24,25,26);1H/t14-,16+;. The first kappa shape index (κ1) is 23.8. The largest absolute Gasteiger partial charge is 0.370 e. The van der Waals surface area contributed by atoms with Crippen molar-refractivity contribution >= 4 is 29.9 Å². The molecule has 6 nitrogen and oxygen atoms in total. The summed E-state index contributed by atoms with van der Waals surface area (Å²) in [5, 5.41) is 6.33. The minimum Gasteiger partial charge on any atom is -0.370 e. The smallest absolute Gasteiger partial charge is 0.251 e. The number of carbonyl (C=O) groups is 1. The summed E-state index contributed by atoms with van der Waals surface area (Å²) in [6.45, 7) is 2.69. The number of halogens is 3. The van der Waals surface area contributed by atoms with Crippen molar-refractivity contribution in [2.24, 2.45) is 5.92 Å². The summed E-state index contributed by atoms with van der Waals surface area (Å²) in [6.07, 6.45) is 3.65. The average molecular weight is 440 g/mol. The summed E-state index contributed by atoms with van der Waals surface area (Å²) in [4.78, 5) is 23.0. The van der Waals surface area contributed by atoms with Gasteiger partial charge in [0.15, 0.2) is 11.6 Å². The van der Waals surface area contributed by atoms with Gasteiger partial charge in [-0.1, -0.05) is 0 Å². The minimum atomic E-state index is -1.01. The number of amides is 1. The summed E-state index contributed by atoms with van der Waals surface area (Å²) in [5.41, 5.74) is 0.142. The predicted octanol–water partition coefficient (Wildman–Crippen LogP) is 3.95. The van der Waals surface area contributed by atoms with Crippen molar-refractivity contribution in [2.75, 3.05) is 30.9 Å². The molecule has 0 aliphatic heterocycles. The summed E-state index contributed by atoms with van der Waals surface area (Å²) < 4.78 is 26.3. The lowest BCUT2D eigenvalue weighted by Crippen LogP contribution is -2.38. The molecule has 2 N–H and O–H groups in total. The molecule has 0 saturated heterocycles. The normalized spacial score (nSPS) is 18.3. The van der Waals surface area contributed by atoms with Crippen molar-refractivity contribution < 1.29 is 13.6 Å².